The molecule has 4 rings (SSSR count). The number of thiophene rings is 1. The van der Waals surface area contributed by atoms with Gasteiger partial charge in [-0.05, 0) is 59.3 Å². The highest BCUT2D eigenvalue weighted by Gasteiger charge is 2.47. The lowest BCUT2D eigenvalue weighted by Crippen LogP contribution is -2.29. The van der Waals surface area contributed by atoms with Crippen LogP contribution in [-0.2, 0) is 15.0 Å². The van der Waals surface area contributed by atoms with Crippen molar-refractivity contribution in [2.75, 3.05) is 31.0 Å². The molecule has 3 aromatic rings. The van der Waals surface area contributed by atoms with Gasteiger partial charge in [0.1, 0.15) is 17.6 Å². The van der Waals surface area contributed by atoms with Gasteiger partial charge in [0.25, 0.3) is 11.7 Å². The van der Waals surface area contributed by atoms with Crippen LogP contribution in [0.3, 0.4) is 0 Å². The predicted molar refractivity (Wildman–Crippen MR) is 142 cm³/mol. The second-order valence-electron chi connectivity index (χ2n) is 9.76. The number of Topliss-reactive ketones (excluding diaryl/α,β-unsaturated/α-hetero) is 1. The van der Waals surface area contributed by atoms with E-state index in [9.17, 15) is 14.7 Å². The Kier molecular flexibility index (Phi) is 6.47. The molecule has 1 unspecified atom stereocenters. The van der Waals surface area contributed by atoms with E-state index in [1.54, 1.807) is 19.2 Å². The van der Waals surface area contributed by atoms with E-state index in [4.69, 9.17) is 4.74 Å². The number of carbonyl (C=O) groups is 2. The summed E-state index contributed by atoms with van der Waals surface area (Å²) >= 11 is 1.44. The summed E-state index contributed by atoms with van der Waals surface area (Å²) in [5.41, 5.74) is 2.77. The molecule has 1 saturated heterocycles. The fourth-order valence-corrected chi connectivity index (χ4v) is 5.15. The molecule has 1 aliphatic rings. The molecule has 1 atom stereocenters. The second-order valence-corrected chi connectivity index (χ2v) is 10.7. The molecule has 0 aliphatic carbocycles. The minimum Gasteiger partial charge on any atom is -0.507 e. The van der Waals surface area contributed by atoms with E-state index in [1.807, 2.05) is 66.8 Å². The highest BCUT2D eigenvalue weighted by atomic mass is 32.1. The van der Waals surface area contributed by atoms with E-state index in [-0.39, 0.29) is 16.7 Å². The van der Waals surface area contributed by atoms with Crippen molar-refractivity contribution < 1.29 is 19.4 Å². The van der Waals surface area contributed by atoms with Crippen molar-refractivity contribution in [2.45, 2.75) is 32.2 Å². The number of aliphatic hydroxyl groups excluding tert-OH is 1. The molecule has 1 aromatic heterocycles. The fourth-order valence-electron chi connectivity index (χ4n) is 4.32. The number of aliphatic hydroxyl groups is 1. The van der Waals surface area contributed by atoms with Gasteiger partial charge < -0.3 is 14.7 Å². The van der Waals surface area contributed by atoms with Crippen LogP contribution in [-0.4, -0.2) is 38.0 Å². The first kappa shape index (κ1) is 24.5. The normalized spacial score (nSPS) is 17.7. The molecule has 0 saturated carbocycles. The number of nitrogens with zero attached hydrogens (tertiary/aromatic N) is 2. The van der Waals surface area contributed by atoms with Crippen LogP contribution in [0.2, 0.25) is 0 Å². The first-order chi connectivity index (χ1) is 16.5. The summed E-state index contributed by atoms with van der Waals surface area (Å²) < 4.78 is 5.52. The molecular formula is C28H30N2O4S. The van der Waals surface area contributed by atoms with Crippen molar-refractivity contribution in [3.8, 4) is 5.75 Å². The molecule has 0 radical (unpaired) electrons. The maximum atomic E-state index is 13.4. The summed E-state index contributed by atoms with van der Waals surface area (Å²) in [5, 5.41) is 13.3. The molecule has 2 aromatic carbocycles. The lowest BCUT2D eigenvalue weighted by Gasteiger charge is -2.25. The Morgan fingerprint density at radius 1 is 1.06 bits per heavy atom. The summed E-state index contributed by atoms with van der Waals surface area (Å²) in [4.78, 5) is 30.9. The second kappa shape index (κ2) is 9.23. The Labute approximate surface area is 210 Å². The molecule has 182 valence electrons. The van der Waals surface area contributed by atoms with Gasteiger partial charge in [-0.2, -0.15) is 0 Å². The Balaban J connectivity index is 1.89. The van der Waals surface area contributed by atoms with Crippen molar-refractivity contribution >= 4 is 40.2 Å². The molecule has 6 nitrogen and oxygen atoms in total. The number of ketones is 1. The summed E-state index contributed by atoms with van der Waals surface area (Å²) in [5.74, 6) is -0.856. The summed E-state index contributed by atoms with van der Waals surface area (Å²) in [7, 11) is 5.48. The first-order valence-electron chi connectivity index (χ1n) is 11.3. The Morgan fingerprint density at radius 2 is 1.74 bits per heavy atom. The highest BCUT2D eigenvalue weighted by Crippen LogP contribution is 2.44. The van der Waals surface area contributed by atoms with E-state index in [0.29, 0.717) is 17.0 Å². The molecule has 35 heavy (non-hydrogen) atoms. The number of ether oxygens (including phenoxy) is 1. The first-order valence-corrected chi connectivity index (χ1v) is 12.2. The summed E-state index contributed by atoms with van der Waals surface area (Å²) in [6, 6.07) is 15.8. The number of anilines is 2. The lowest BCUT2D eigenvalue weighted by atomic mass is 9.84. The van der Waals surface area contributed by atoms with Crippen molar-refractivity contribution in [1.29, 1.82) is 0 Å². The zero-order chi connectivity index (χ0) is 25.5. The highest BCUT2D eigenvalue weighted by molar-refractivity contribution is 7.10. The molecular weight excluding hydrogens is 460 g/mol. The Bertz CT molecular complexity index is 1290. The van der Waals surface area contributed by atoms with Gasteiger partial charge in [0.2, 0.25) is 0 Å². The maximum absolute atomic E-state index is 13.4. The fraction of sp³-hybridized carbons (Fsp3) is 0.286. The van der Waals surface area contributed by atoms with Gasteiger partial charge >= 0.3 is 0 Å². The number of amides is 1. The SMILES string of the molecule is COc1ccc(/C(O)=C2/C(=O)C(=O)N(c3ccc(N(C)C)cc3)C2c2cccs2)cc1C(C)(C)C. The topological polar surface area (TPSA) is 70.1 Å². The molecule has 0 spiro atoms. The summed E-state index contributed by atoms with van der Waals surface area (Å²) in [6.45, 7) is 6.16. The molecule has 1 fully saturated rings. The average Bonchev–Trinajstić information content (AvgIpc) is 3.44. The quantitative estimate of drug-likeness (QED) is 0.280. The van der Waals surface area contributed by atoms with Crippen LogP contribution in [0.25, 0.3) is 5.76 Å². The van der Waals surface area contributed by atoms with E-state index in [1.165, 1.54) is 16.2 Å². The van der Waals surface area contributed by atoms with Crippen molar-refractivity contribution in [2.24, 2.45) is 0 Å². The van der Waals surface area contributed by atoms with Crippen LogP contribution in [0.15, 0.2) is 65.6 Å². The van der Waals surface area contributed by atoms with Gasteiger partial charge in [-0.25, -0.2) is 0 Å². The zero-order valence-electron chi connectivity index (χ0n) is 20.8. The lowest BCUT2D eigenvalue weighted by molar-refractivity contribution is -0.132. The number of hydrogen-bond acceptors (Lipinski definition) is 6. The molecule has 1 amide bonds. The van der Waals surface area contributed by atoms with E-state index in [0.717, 1.165) is 16.1 Å². The minimum atomic E-state index is -0.722. The number of hydrogen-bond donors (Lipinski definition) is 1. The van der Waals surface area contributed by atoms with Gasteiger partial charge in [-0.15, -0.1) is 11.3 Å². The van der Waals surface area contributed by atoms with Crippen molar-refractivity contribution in [3.05, 3.63) is 81.6 Å². The van der Waals surface area contributed by atoms with Gasteiger partial charge in [0.15, 0.2) is 0 Å². The predicted octanol–water partition coefficient (Wildman–Crippen LogP) is 5.75. The van der Waals surface area contributed by atoms with Gasteiger partial charge in [0, 0.05) is 41.5 Å². The van der Waals surface area contributed by atoms with Crippen LogP contribution < -0.4 is 14.5 Å². The Hall–Kier alpha value is -3.58. The zero-order valence-corrected chi connectivity index (χ0v) is 21.6. The third-order valence-corrected chi connectivity index (χ3v) is 7.11. The third-order valence-electron chi connectivity index (χ3n) is 6.18. The van der Waals surface area contributed by atoms with E-state index < -0.39 is 17.7 Å². The van der Waals surface area contributed by atoms with Crippen molar-refractivity contribution in [3.63, 3.8) is 0 Å². The van der Waals surface area contributed by atoms with Crippen LogP contribution >= 0.6 is 11.3 Å². The molecule has 1 N–H and O–H groups in total. The maximum Gasteiger partial charge on any atom is 0.300 e. The summed E-state index contributed by atoms with van der Waals surface area (Å²) in [6.07, 6.45) is 0. The number of rotatable bonds is 5. The standard InChI is InChI=1S/C28H30N2O4S/c1-28(2,3)20-16-17(9-14-21(20)34-6)25(31)23-24(22-8-7-15-35-22)30(27(33)26(23)32)19-12-10-18(11-13-19)29(4)5/h7-16,24,31H,1-6H3/b25-23-. The van der Waals surface area contributed by atoms with Crippen LogP contribution in [0.5, 0.6) is 5.75 Å². The number of methoxy groups -OCH3 is 1. The minimum absolute atomic E-state index is 0.0826. The number of carbonyl (C=O) groups excluding carboxylic acids is 2. The average molecular weight is 491 g/mol. The van der Waals surface area contributed by atoms with Crippen LogP contribution in [0.4, 0.5) is 11.4 Å². The largest absolute Gasteiger partial charge is 0.507 e. The smallest absolute Gasteiger partial charge is 0.300 e. The monoisotopic (exact) mass is 490 g/mol. The van der Waals surface area contributed by atoms with Gasteiger partial charge in [0.05, 0.1) is 12.7 Å². The van der Waals surface area contributed by atoms with Crippen molar-refractivity contribution in [1.82, 2.24) is 0 Å². The van der Waals surface area contributed by atoms with E-state index >= 15 is 0 Å². The third kappa shape index (κ3) is 4.44. The van der Waals surface area contributed by atoms with Crippen LogP contribution in [0, 0.1) is 0 Å². The van der Waals surface area contributed by atoms with Crippen LogP contribution in [0.1, 0.15) is 42.8 Å². The van der Waals surface area contributed by atoms with Gasteiger partial charge in [-0.3, -0.25) is 14.5 Å². The molecule has 7 heteroatoms. The molecule has 2 heterocycles. The van der Waals surface area contributed by atoms with E-state index in [2.05, 4.69) is 20.8 Å². The Morgan fingerprint density at radius 3 is 2.29 bits per heavy atom. The molecule has 0 bridgehead atoms. The molecule has 1 aliphatic heterocycles. The number of benzene rings is 2. The van der Waals surface area contributed by atoms with Gasteiger partial charge in [-0.1, -0.05) is 26.8 Å².